The first-order valence-corrected chi connectivity index (χ1v) is 5.90. The van der Waals surface area contributed by atoms with E-state index in [4.69, 9.17) is 4.74 Å². The number of hydrogen-bond acceptors (Lipinski definition) is 3. The van der Waals surface area contributed by atoms with Crippen LogP contribution in [0.3, 0.4) is 0 Å². The van der Waals surface area contributed by atoms with Crippen molar-refractivity contribution >= 4 is 11.8 Å². The second-order valence-corrected chi connectivity index (χ2v) is 5.05. The summed E-state index contributed by atoms with van der Waals surface area (Å²) in [6.07, 6.45) is -0.0517. The van der Waals surface area contributed by atoms with Crippen LogP contribution in [0.25, 0.3) is 0 Å². The van der Waals surface area contributed by atoms with Gasteiger partial charge in [-0.25, -0.2) is 4.79 Å². The van der Waals surface area contributed by atoms with Crippen LogP contribution >= 0.6 is 0 Å². The molecule has 0 fully saturated rings. The number of carbonyl (C=O) groups excluding carboxylic acids is 1. The largest absolute Gasteiger partial charge is 0.443 e. The molecule has 1 rings (SSSR count). The zero-order valence-corrected chi connectivity index (χ0v) is 11.7. The van der Waals surface area contributed by atoms with Crippen molar-refractivity contribution in [1.29, 1.82) is 0 Å². The molecule has 0 atom stereocenters. The summed E-state index contributed by atoms with van der Waals surface area (Å²) in [5.74, 6) is -7.30. The van der Waals surface area contributed by atoms with E-state index in [0.29, 0.717) is 4.90 Å². The average Bonchev–Trinajstić information content (AvgIpc) is 2.33. The maximum Gasteiger partial charge on any atom is 0.415 e. The molecule has 116 valence electrons. The third-order valence-electron chi connectivity index (χ3n) is 2.17. The molecule has 0 aromatic carbocycles. The molecule has 0 bridgehead atoms. The van der Waals surface area contributed by atoms with Crippen LogP contribution in [0.2, 0.25) is 0 Å². The van der Waals surface area contributed by atoms with Crippen molar-refractivity contribution in [1.82, 2.24) is 4.98 Å². The number of aromatic nitrogens is 1. The molecule has 1 heterocycles. The van der Waals surface area contributed by atoms with Gasteiger partial charge in [0.1, 0.15) is 11.3 Å². The van der Waals surface area contributed by atoms with Gasteiger partial charge in [0.05, 0.1) is 0 Å². The Kier molecular flexibility index (Phi) is 4.93. The molecular weight excluding hydrogens is 292 g/mol. The Morgan fingerprint density at radius 1 is 1.24 bits per heavy atom. The van der Waals surface area contributed by atoms with E-state index in [-0.39, 0.29) is 0 Å². The number of carbonyl (C=O) groups is 1. The van der Waals surface area contributed by atoms with E-state index in [0.717, 1.165) is 6.08 Å². The molecule has 0 spiro atoms. The van der Waals surface area contributed by atoms with Gasteiger partial charge in [0.25, 0.3) is 11.9 Å². The van der Waals surface area contributed by atoms with E-state index in [9.17, 15) is 22.4 Å². The van der Waals surface area contributed by atoms with Gasteiger partial charge in [-0.15, -0.1) is 6.58 Å². The Hall–Kier alpha value is -2.12. The Labute approximate surface area is 119 Å². The normalized spacial score (nSPS) is 11.2. The highest BCUT2D eigenvalue weighted by molar-refractivity contribution is 5.88. The fourth-order valence-corrected chi connectivity index (χ4v) is 1.42. The van der Waals surface area contributed by atoms with Crippen molar-refractivity contribution in [3.8, 4) is 0 Å². The Morgan fingerprint density at radius 3 is 2.10 bits per heavy atom. The van der Waals surface area contributed by atoms with Crippen molar-refractivity contribution in [3.63, 3.8) is 0 Å². The van der Waals surface area contributed by atoms with Crippen LogP contribution < -0.4 is 4.90 Å². The number of nitrogens with zero attached hydrogens (tertiary/aromatic N) is 2. The number of halogens is 4. The summed E-state index contributed by atoms with van der Waals surface area (Å²) in [7, 11) is 0. The lowest BCUT2D eigenvalue weighted by Crippen LogP contribution is -2.38. The minimum atomic E-state index is -1.86. The summed E-state index contributed by atoms with van der Waals surface area (Å²) >= 11 is 0. The van der Waals surface area contributed by atoms with Gasteiger partial charge in [-0.1, -0.05) is 6.08 Å². The number of amides is 1. The highest BCUT2D eigenvalue weighted by Crippen LogP contribution is 2.27. The Balaban J connectivity index is 3.36. The van der Waals surface area contributed by atoms with Crippen LogP contribution in [0.1, 0.15) is 20.8 Å². The molecule has 1 amide bonds. The summed E-state index contributed by atoms with van der Waals surface area (Å²) in [4.78, 5) is 14.8. The Morgan fingerprint density at radius 2 is 1.71 bits per heavy atom. The van der Waals surface area contributed by atoms with Crippen LogP contribution in [0.5, 0.6) is 0 Å². The molecule has 4 nitrogen and oxygen atoms in total. The van der Waals surface area contributed by atoms with Gasteiger partial charge in [0, 0.05) is 6.54 Å². The predicted octanol–water partition coefficient (Wildman–Crippen LogP) is 3.57. The molecule has 0 saturated carbocycles. The fourth-order valence-electron chi connectivity index (χ4n) is 1.42. The third-order valence-corrected chi connectivity index (χ3v) is 2.17. The molecule has 21 heavy (non-hydrogen) atoms. The van der Waals surface area contributed by atoms with E-state index >= 15 is 0 Å². The molecule has 0 aliphatic heterocycles. The van der Waals surface area contributed by atoms with Crippen molar-refractivity contribution in [2.24, 2.45) is 0 Å². The SMILES string of the molecule is C=CCN(C(=O)OC(C)(C)C)c1c(F)c(F)nc(F)c1F. The zero-order valence-electron chi connectivity index (χ0n) is 11.7. The number of pyridine rings is 1. The van der Waals surface area contributed by atoms with Gasteiger partial charge in [-0.3, -0.25) is 4.90 Å². The van der Waals surface area contributed by atoms with Gasteiger partial charge in [0.2, 0.25) is 11.6 Å². The quantitative estimate of drug-likeness (QED) is 0.487. The minimum absolute atomic E-state index is 0.400. The smallest absolute Gasteiger partial charge is 0.415 e. The van der Waals surface area contributed by atoms with Gasteiger partial charge >= 0.3 is 6.09 Å². The topological polar surface area (TPSA) is 42.4 Å². The summed E-state index contributed by atoms with van der Waals surface area (Å²) in [5.41, 5.74) is -2.18. The number of hydrogen-bond donors (Lipinski definition) is 0. The summed E-state index contributed by atoms with van der Waals surface area (Å²) < 4.78 is 58.5. The van der Waals surface area contributed by atoms with Crippen molar-refractivity contribution in [3.05, 3.63) is 36.2 Å². The van der Waals surface area contributed by atoms with Crippen LogP contribution in [0.4, 0.5) is 28.0 Å². The number of ether oxygens (including phenoxy) is 1. The zero-order chi connectivity index (χ0) is 16.4. The van der Waals surface area contributed by atoms with Crippen molar-refractivity contribution in [2.75, 3.05) is 11.4 Å². The van der Waals surface area contributed by atoms with E-state index in [1.807, 2.05) is 0 Å². The van der Waals surface area contributed by atoms with E-state index in [1.54, 1.807) is 0 Å². The van der Waals surface area contributed by atoms with Gasteiger partial charge in [-0.05, 0) is 20.8 Å². The first kappa shape index (κ1) is 16.9. The van der Waals surface area contributed by atoms with Crippen LogP contribution in [-0.2, 0) is 4.74 Å². The van der Waals surface area contributed by atoms with Crippen molar-refractivity contribution in [2.45, 2.75) is 26.4 Å². The summed E-state index contributed by atoms with van der Waals surface area (Å²) in [6, 6.07) is 0. The molecular formula is C13H14F4N2O2. The lowest BCUT2D eigenvalue weighted by molar-refractivity contribution is 0.0581. The maximum absolute atomic E-state index is 13.7. The second kappa shape index (κ2) is 6.11. The molecule has 0 aliphatic rings. The van der Waals surface area contributed by atoms with Gasteiger partial charge < -0.3 is 4.74 Å². The average molecular weight is 306 g/mol. The molecule has 1 aromatic heterocycles. The summed E-state index contributed by atoms with van der Waals surface area (Å²) in [6.45, 7) is 7.48. The maximum atomic E-state index is 13.7. The molecule has 8 heteroatoms. The highest BCUT2D eigenvalue weighted by Gasteiger charge is 2.31. The minimum Gasteiger partial charge on any atom is -0.443 e. The van der Waals surface area contributed by atoms with E-state index < -0.39 is 47.5 Å². The highest BCUT2D eigenvalue weighted by atomic mass is 19.2. The molecule has 0 saturated heterocycles. The summed E-state index contributed by atoms with van der Waals surface area (Å²) in [5, 5.41) is 0. The predicted molar refractivity (Wildman–Crippen MR) is 67.8 cm³/mol. The second-order valence-electron chi connectivity index (χ2n) is 5.05. The standard InChI is InChI=1S/C13H14F4N2O2/c1-5-6-19(12(20)21-13(2,3)4)9-7(14)10(16)18-11(17)8(9)15/h5H,1,6H2,2-4H3. The molecule has 0 aliphatic carbocycles. The molecule has 0 radical (unpaired) electrons. The molecule has 1 aromatic rings. The van der Waals surface area contributed by atoms with E-state index in [2.05, 4.69) is 11.6 Å². The van der Waals surface area contributed by atoms with Crippen LogP contribution in [0.15, 0.2) is 12.7 Å². The lowest BCUT2D eigenvalue weighted by Gasteiger charge is -2.27. The first-order valence-electron chi connectivity index (χ1n) is 5.90. The first-order chi connectivity index (χ1) is 9.58. The fraction of sp³-hybridized carbons (Fsp3) is 0.385. The Bertz CT molecular complexity index is 544. The van der Waals surface area contributed by atoms with Gasteiger partial charge in [-0.2, -0.15) is 22.5 Å². The van der Waals surface area contributed by atoms with Crippen LogP contribution in [0, 0.1) is 23.5 Å². The number of anilines is 1. The lowest BCUT2D eigenvalue weighted by atomic mass is 10.2. The number of rotatable bonds is 3. The molecule has 0 N–H and O–H groups in total. The third kappa shape index (κ3) is 3.93. The van der Waals surface area contributed by atoms with Crippen LogP contribution in [-0.4, -0.2) is 23.2 Å². The van der Waals surface area contributed by atoms with Crippen molar-refractivity contribution < 1.29 is 27.1 Å². The molecule has 0 unspecified atom stereocenters. The van der Waals surface area contributed by atoms with E-state index in [1.165, 1.54) is 20.8 Å². The van der Waals surface area contributed by atoms with Gasteiger partial charge in [0.15, 0.2) is 0 Å². The monoisotopic (exact) mass is 306 g/mol.